The minimum Gasteiger partial charge on any atom is -0.504 e. The maximum absolute atomic E-state index is 10.4. The largest absolute Gasteiger partial charge is 0.504 e. The van der Waals surface area contributed by atoms with Crippen molar-refractivity contribution in [1.29, 1.82) is 0 Å². The molecule has 0 heterocycles. The topological polar surface area (TPSA) is 49.7 Å². The number of phenolic OH excluding ortho intramolecular Hbond substituents is 1. The van der Waals surface area contributed by atoms with Gasteiger partial charge in [-0.25, -0.2) is 0 Å². The number of rotatable bonds is 8. The number of aromatic hydroxyl groups is 1. The summed E-state index contributed by atoms with van der Waals surface area (Å²) in [5.41, 5.74) is 1.13. The Hall–Kier alpha value is -1.48. The van der Waals surface area contributed by atoms with Crippen LogP contribution in [0.1, 0.15) is 71.9 Å². The van der Waals surface area contributed by atoms with Gasteiger partial charge in [-0.2, -0.15) is 0 Å². The number of hydrogen-bond acceptors (Lipinski definition) is 3. The van der Waals surface area contributed by atoms with Crippen molar-refractivity contribution < 1.29 is 14.9 Å². The quantitative estimate of drug-likeness (QED) is 0.609. The Bertz CT molecular complexity index is 592. The van der Waals surface area contributed by atoms with Crippen molar-refractivity contribution in [2.45, 2.75) is 78.7 Å². The van der Waals surface area contributed by atoms with E-state index in [1.807, 2.05) is 19.1 Å². The molecule has 0 bridgehead atoms. The fraction of sp³-hybridized carbons (Fsp3) is 0.636. The van der Waals surface area contributed by atoms with E-state index in [1.54, 1.807) is 13.0 Å². The molecule has 0 aliphatic carbocycles. The zero-order chi connectivity index (χ0) is 19.5. The molecule has 0 saturated carbocycles. The summed E-state index contributed by atoms with van der Waals surface area (Å²) in [6.45, 7) is 18.6. The van der Waals surface area contributed by atoms with Gasteiger partial charge in [0.05, 0.1) is 5.60 Å². The molecule has 0 saturated heterocycles. The number of aryl methyl sites for hydroxylation is 1. The molecule has 1 atom stereocenters. The highest BCUT2D eigenvalue weighted by atomic mass is 16.5. The molecule has 1 aromatic rings. The van der Waals surface area contributed by atoms with E-state index in [1.165, 1.54) is 0 Å². The molecule has 3 heteroatoms. The molecule has 25 heavy (non-hydrogen) atoms. The molecule has 0 aromatic heterocycles. The summed E-state index contributed by atoms with van der Waals surface area (Å²) in [7, 11) is 0. The Kier molecular flexibility index (Phi) is 6.74. The summed E-state index contributed by atoms with van der Waals surface area (Å²) in [6.07, 6.45) is 4.10. The summed E-state index contributed by atoms with van der Waals surface area (Å²) >= 11 is 0. The van der Waals surface area contributed by atoms with Gasteiger partial charge in [0.2, 0.25) is 0 Å². The summed E-state index contributed by atoms with van der Waals surface area (Å²) in [6, 6.07) is 3.95. The molecule has 3 nitrogen and oxygen atoms in total. The third kappa shape index (κ3) is 6.74. The van der Waals surface area contributed by atoms with Gasteiger partial charge in [0.1, 0.15) is 6.61 Å². The molecule has 2 N–H and O–H groups in total. The van der Waals surface area contributed by atoms with Crippen molar-refractivity contribution in [1.82, 2.24) is 0 Å². The summed E-state index contributed by atoms with van der Waals surface area (Å²) in [5, 5.41) is 20.8. The molecule has 0 amide bonds. The van der Waals surface area contributed by atoms with Crippen LogP contribution in [0.4, 0.5) is 0 Å². The van der Waals surface area contributed by atoms with Crippen molar-refractivity contribution in [3.63, 3.8) is 0 Å². The second kappa shape index (κ2) is 7.82. The van der Waals surface area contributed by atoms with Crippen molar-refractivity contribution >= 4 is 0 Å². The lowest BCUT2D eigenvalue weighted by molar-refractivity contribution is 0.00448. The zero-order valence-corrected chi connectivity index (χ0v) is 17.1. The molecule has 0 fully saturated rings. The van der Waals surface area contributed by atoms with Gasteiger partial charge >= 0.3 is 0 Å². The van der Waals surface area contributed by atoms with E-state index in [2.05, 4.69) is 41.2 Å². The predicted molar refractivity (Wildman–Crippen MR) is 105 cm³/mol. The van der Waals surface area contributed by atoms with Crippen LogP contribution in [0.25, 0.3) is 0 Å². The minimum atomic E-state index is -0.953. The van der Waals surface area contributed by atoms with Crippen molar-refractivity contribution in [2.24, 2.45) is 5.41 Å². The van der Waals surface area contributed by atoms with Crippen LogP contribution in [0.2, 0.25) is 0 Å². The molecule has 142 valence electrons. The fourth-order valence-electron chi connectivity index (χ4n) is 3.39. The monoisotopic (exact) mass is 348 g/mol. The Morgan fingerprint density at radius 1 is 1.12 bits per heavy atom. The Morgan fingerprint density at radius 3 is 2.24 bits per heavy atom. The van der Waals surface area contributed by atoms with Crippen LogP contribution >= 0.6 is 0 Å². The number of phenols is 1. The van der Waals surface area contributed by atoms with Gasteiger partial charge in [-0.3, -0.25) is 0 Å². The second-order valence-corrected chi connectivity index (χ2v) is 9.37. The van der Waals surface area contributed by atoms with E-state index in [0.717, 1.165) is 24.0 Å². The molecule has 0 spiro atoms. The first-order chi connectivity index (χ1) is 11.3. The number of ether oxygens (including phenoxy) is 1. The molecular formula is C22H36O3. The first kappa shape index (κ1) is 21.6. The SMILES string of the molecule is C=CCCC(C)(O)COc1cc(C(C)(C)CC(C)(C)C)cc(C)c1O. The lowest BCUT2D eigenvalue weighted by Gasteiger charge is -2.33. The van der Waals surface area contributed by atoms with Crippen LogP contribution in [0.5, 0.6) is 11.5 Å². The van der Waals surface area contributed by atoms with Gasteiger partial charge in [0, 0.05) is 0 Å². The van der Waals surface area contributed by atoms with Crippen LogP contribution in [-0.2, 0) is 5.41 Å². The van der Waals surface area contributed by atoms with Crippen LogP contribution < -0.4 is 4.74 Å². The van der Waals surface area contributed by atoms with Crippen LogP contribution in [0.3, 0.4) is 0 Å². The first-order valence-electron chi connectivity index (χ1n) is 9.08. The number of benzene rings is 1. The third-order valence-electron chi connectivity index (χ3n) is 4.44. The second-order valence-electron chi connectivity index (χ2n) is 9.37. The number of allylic oxidation sites excluding steroid dienone is 1. The van der Waals surface area contributed by atoms with Gasteiger partial charge in [0.15, 0.2) is 11.5 Å². The summed E-state index contributed by atoms with van der Waals surface area (Å²) < 4.78 is 5.81. The first-order valence-corrected chi connectivity index (χ1v) is 9.08. The molecule has 1 unspecified atom stereocenters. The van der Waals surface area contributed by atoms with Crippen LogP contribution in [0.15, 0.2) is 24.8 Å². The van der Waals surface area contributed by atoms with E-state index in [-0.39, 0.29) is 23.2 Å². The van der Waals surface area contributed by atoms with E-state index in [0.29, 0.717) is 12.2 Å². The Labute approximate surface area is 153 Å². The van der Waals surface area contributed by atoms with Crippen molar-refractivity contribution in [3.05, 3.63) is 35.9 Å². The average Bonchev–Trinajstić information content (AvgIpc) is 2.44. The lowest BCUT2D eigenvalue weighted by Crippen LogP contribution is -2.32. The fourth-order valence-corrected chi connectivity index (χ4v) is 3.39. The zero-order valence-electron chi connectivity index (χ0n) is 17.1. The average molecular weight is 349 g/mol. The highest BCUT2D eigenvalue weighted by Gasteiger charge is 2.29. The highest BCUT2D eigenvalue weighted by Crippen LogP contribution is 2.41. The van der Waals surface area contributed by atoms with Gasteiger partial charge in [-0.1, -0.05) is 46.8 Å². The van der Waals surface area contributed by atoms with Gasteiger partial charge < -0.3 is 14.9 Å². The van der Waals surface area contributed by atoms with Crippen molar-refractivity contribution in [2.75, 3.05) is 6.61 Å². The maximum atomic E-state index is 10.4. The van der Waals surface area contributed by atoms with Crippen LogP contribution in [0, 0.1) is 12.3 Å². The smallest absolute Gasteiger partial charge is 0.161 e. The van der Waals surface area contributed by atoms with Gasteiger partial charge in [0.25, 0.3) is 0 Å². The lowest BCUT2D eigenvalue weighted by atomic mass is 9.72. The molecule has 1 aromatic carbocycles. The molecule has 0 aliphatic rings. The molecule has 0 aliphatic heterocycles. The highest BCUT2D eigenvalue weighted by molar-refractivity contribution is 5.49. The van der Waals surface area contributed by atoms with Crippen molar-refractivity contribution in [3.8, 4) is 11.5 Å². The number of aliphatic hydroxyl groups is 1. The molecular weight excluding hydrogens is 312 g/mol. The number of hydrogen-bond donors (Lipinski definition) is 2. The van der Waals surface area contributed by atoms with E-state index in [9.17, 15) is 10.2 Å². The van der Waals surface area contributed by atoms with E-state index < -0.39 is 5.60 Å². The predicted octanol–water partition coefficient (Wildman–Crippen LogP) is 5.51. The molecule has 1 rings (SSSR count). The third-order valence-corrected chi connectivity index (χ3v) is 4.44. The van der Waals surface area contributed by atoms with E-state index >= 15 is 0 Å². The van der Waals surface area contributed by atoms with Gasteiger partial charge in [-0.15, -0.1) is 6.58 Å². The van der Waals surface area contributed by atoms with E-state index in [4.69, 9.17) is 4.74 Å². The summed E-state index contributed by atoms with van der Waals surface area (Å²) in [5.74, 6) is 0.589. The Balaban J connectivity index is 3.05. The van der Waals surface area contributed by atoms with Crippen LogP contribution in [-0.4, -0.2) is 22.4 Å². The molecule has 0 radical (unpaired) electrons. The minimum absolute atomic E-state index is 0.0415. The maximum Gasteiger partial charge on any atom is 0.161 e. The van der Waals surface area contributed by atoms with Gasteiger partial charge in [-0.05, 0) is 61.1 Å². The Morgan fingerprint density at radius 2 is 1.72 bits per heavy atom. The standard InChI is InChI=1S/C22H36O3/c1-9-10-11-22(8,24)15-25-18-13-17(12-16(2)19(18)23)21(6,7)14-20(3,4)5/h9,12-13,23-24H,1,10-11,14-15H2,2-8H3. The summed E-state index contributed by atoms with van der Waals surface area (Å²) in [4.78, 5) is 0. The normalized spacial score (nSPS) is 14.9.